The van der Waals surface area contributed by atoms with E-state index in [1.54, 1.807) is 20.8 Å². The van der Waals surface area contributed by atoms with Gasteiger partial charge in [0.15, 0.2) is 11.5 Å². The second-order valence-electron chi connectivity index (χ2n) is 10.4. The largest absolute Gasteiger partial charge is 0.478 e. The van der Waals surface area contributed by atoms with Crippen molar-refractivity contribution in [2.24, 2.45) is 28.6 Å². The third-order valence-corrected chi connectivity index (χ3v) is 9.05. The molecule has 4 aliphatic rings. The van der Waals surface area contributed by atoms with Gasteiger partial charge in [-0.15, -0.1) is 0 Å². The number of allylic oxidation sites excluding steroid dienone is 4. The van der Waals surface area contributed by atoms with Crippen LogP contribution in [-0.4, -0.2) is 51.5 Å². The molecule has 2 N–H and O–H groups in total. The Morgan fingerprint density at radius 2 is 1.91 bits per heavy atom. The third kappa shape index (κ3) is 2.50. The van der Waals surface area contributed by atoms with Crippen LogP contribution in [-0.2, 0) is 19.1 Å². The normalized spacial score (nSPS) is 49.5. The minimum Gasteiger partial charge on any atom is -0.478 e. The van der Waals surface area contributed by atoms with Crippen molar-refractivity contribution in [3.05, 3.63) is 23.8 Å². The Hall–Kier alpha value is -2.09. The molecule has 0 aromatic heterocycles. The van der Waals surface area contributed by atoms with E-state index in [0.717, 1.165) is 6.08 Å². The molecule has 0 aromatic carbocycles. The molecule has 32 heavy (non-hydrogen) atoms. The number of ether oxygens (including phenoxy) is 1. The van der Waals surface area contributed by atoms with Gasteiger partial charge in [-0.2, -0.15) is 0 Å². The first-order valence-electron chi connectivity index (χ1n) is 11.2. The lowest BCUT2D eigenvalue weighted by molar-refractivity contribution is -0.237. The molecular weight excluding hydrogens is 422 g/mol. The molecule has 0 aliphatic heterocycles. The molecular formula is C24H30F2O6. The lowest BCUT2D eigenvalue weighted by atomic mass is 9.44. The highest BCUT2D eigenvalue weighted by atomic mass is 19.1. The van der Waals surface area contributed by atoms with Gasteiger partial charge < -0.3 is 14.9 Å². The second-order valence-corrected chi connectivity index (χ2v) is 10.4. The van der Waals surface area contributed by atoms with Gasteiger partial charge in [0.25, 0.3) is 0 Å². The Bertz CT molecular complexity index is 945. The molecule has 1 unspecified atom stereocenters. The molecule has 3 fully saturated rings. The Kier molecular flexibility index (Phi) is 5.02. The fraction of sp³-hybridized carbons (Fsp3) is 0.708. The lowest BCUT2D eigenvalue weighted by Crippen LogP contribution is -2.71. The van der Waals surface area contributed by atoms with E-state index >= 15 is 8.78 Å². The molecule has 6 nitrogen and oxygen atoms in total. The molecule has 176 valence electrons. The minimum atomic E-state index is -2.30. The van der Waals surface area contributed by atoms with Crippen molar-refractivity contribution in [1.82, 2.24) is 0 Å². The number of rotatable bonds is 3. The zero-order valence-corrected chi connectivity index (χ0v) is 18.7. The van der Waals surface area contributed by atoms with Crippen molar-refractivity contribution in [1.29, 1.82) is 0 Å². The maximum absolute atomic E-state index is 17.1. The summed E-state index contributed by atoms with van der Waals surface area (Å²) < 4.78 is 38.1. The predicted molar refractivity (Wildman–Crippen MR) is 110 cm³/mol. The van der Waals surface area contributed by atoms with Crippen molar-refractivity contribution in [2.75, 3.05) is 0 Å². The van der Waals surface area contributed by atoms with Crippen LogP contribution in [0.2, 0.25) is 0 Å². The molecule has 0 aromatic rings. The molecule has 0 saturated heterocycles. The van der Waals surface area contributed by atoms with E-state index in [9.17, 15) is 24.6 Å². The first-order chi connectivity index (χ1) is 14.8. The van der Waals surface area contributed by atoms with Crippen LogP contribution in [0.4, 0.5) is 8.78 Å². The summed E-state index contributed by atoms with van der Waals surface area (Å²) in [4.78, 5) is 36.7. The summed E-state index contributed by atoms with van der Waals surface area (Å²) in [7, 11) is 0. The minimum absolute atomic E-state index is 0.0133. The Morgan fingerprint density at radius 3 is 2.50 bits per heavy atom. The van der Waals surface area contributed by atoms with Gasteiger partial charge in [-0.05, 0) is 49.8 Å². The lowest BCUT2D eigenvalue weighted by Gasteiger charge is -2.62. The van der Waals surface area contributed by atoms with Gasteiger partial charge in [0, 0.05) is 29.1 Å². The van der Waals surface area contributed by atoms with Crippen LogP contribution in [0.25, 0.3) is 0 Å². The highest BCUT2D eigenvalue weighted by Crippen LogP contribution is 2.71. The monoisotopic (exact) mass is 452 g/mol. The van der Waals surface area contributed by atoms with Crippen molar-refractivity contribution in [2.45, 2.75) is 76.9 Å². The van der Waals surface area contributed by atoms with E-state index in [-0.39, 0.29) is 31.3 Å². The zero-order valence-electron chi connectivity index (χ0n) is 18.7. The summed E-state index contributed by atoms with van der Waals surface area (Å²) in [5, 5.41) is 21.5. The molecule has 8 heteroatoms. The average Bonchev–Trinajstić information content (AvgIpc) is 2.93. The number of halogens is 2. The second kappa shape index (κ2) is 6.95. The molecule has 0 bridgehead atoms. The smallest absolute Gasteiger partial charge is 0.349 e. The highest BCUT2D eigenvalue weighted by molar-refractivity contribution is 6.01. The van der Waals surface area contributed by atoms with Gasteiger partial charge in [0.05, 0.1) is 6.10 Å². The van der Waals surface area contributed by atoms with E-state index in [1.807, 2.05) is 0 Å². The van der Waals surface area contributed by atoms with Gasteiger partial charge >= 0.3 is 11.9 Å². The molecule has 9 atom stereocenters. The number of ketones is 1. The quantitative estimate of drug-likeness (QED) is 0.637. The molecule has 4 rings (SSSR count). The van der Waals surface area contributed by atoms with Gasteiger partial charge in [-0.3, -0.25) is 9.59 Å². The van der Waals surface area contributed by atoms with Crippen LogP contribution in [0.1, 0.15) is 53.4 Å². The van der Waals surface area contributed by atoms with Crippen molar-refractivity contribution in [3.8, 4) is 0 Å². The molecule has 0 amide bonds. The Labute approximate surface area is 185 Å². The number of carbonyl (C=O) groups is 3. The maximum Gasteiger partial charge on any atom is 0.349 e. The fourth-order valence-electron chi connectivity index (χ4n) is 7.49. The van der Waals surface area contributed by atoms with E-state index < -0.39 is 69.9 Å². The van der Waals surface area contributed by atoms with Crippen LogP contribution in [0.15, 0.2) is 23.8 Å². The van der Waals surface area contributed by atoms with Crippen LogP contribution in [0.3, 0.4) is 0 Å². The number of aliphatic hydroxyl groups is 1. The number of carboxylic acids is 1. The van der Waals surface area contributed by atoms with Crippen LogP contribution in [0.5, 0.6) is 0 Å². The first kappa shape index (κ1) is 23.1. The maximum atomic E-state index is 17.1. The standard InChI is InChI=1S/C24H30F2O6/c1-5-19(29)32-24(20(30)31)12(2)8-14-15-10-17(25)16-9-13(27)6-7-21(16,3)23(15,26)18(28)11-22(14,24)4/h6-7,9,12,14-15,17-18,28H,5,8,10-11H2,1-4H3,(H,30,31)/t12-,14+,15?,17+,18+,21+,22+,23+,24+/m1/s1. The van der Waals surface area contributed by atoms with Crippen LogP contribution in [0, 0.1) is 28.6 Å². The third-order valence-electron chi connectivity index (χ3n) is 9.05. The number of alkyl halides is 2. The average molecular weight is 452 g/mol. The van der Waals surface area contributed by atoms with E-state index in [1.165, 1.54) is 19.1 Å². The number of fused-ring (bicyclic) bond motifs is 5. The van der Waals surface area contributed by atoms with Gasteiger partial charge in [-0.1, -0.05) is 26.8 Å². The fourth-order valence-corrected chi connectivity index (χ4v) is 7.49. The van der Waals surface area contributed by atoms with Crippen LogP contribution < -0.4 is 0 Å². The van der Waals surface area contributed by atoms with E-state index in [2.05, 4.69) is 0 Å². The number of hydrogen-bond donors (Lipinski definition) is 2. The number of aliphatic carboxylic acids is 1. The summed E-state index contributed by atoms with van der Waals surface area (Å²) in [6.07, 6.45) is 0.0529. The van der Waals surface area contributed by atoms with Gasteiger partial charge in [0.2, 0.25) is 5.60 Å². The van der Waals surface area contributed by atoms with E-state index in [4.69, 9.17) is 4.74 Å². The Balaban J connectivity index is 1.87. The molecule has 0 spiro atoms. The summed E-state index contributed by atoms with van der Waals surface area (Å²) in [6, 6.07) is 0. The van der Waals surface area contributed by atoms with Gasteiger partial charge in [-0.25, -0.2) is 13.6 Å². The molecule has 0 heterocycles. The number of aliphatic hydroxyl groups excluding tert-OH is 1. The number of carboxylic acid groups (broad SMARTS) is 1. The van der Waals surface area contributed by atoms with Crippen molar-refractivity contribution >= 4 is 17.7 Å². The number of hydrogen-bond acceptors (Lipinski definition) is 5. The van der Waals surface area contributed by atoms with Crippen molar-refractivity contribution < 1.29 is 38.1 Å². The first-order valence-corrected chi connectivity index (χ1v) is 11.2. The SMILES string of the molecule is CCC(=O)O[C@]1(C(=O)O)[C@H](C)C[C@H]2C3C[C@H](F)C4=CC(=O)C=C[C@]4(C)[C@@]3(F)[C@@H](O)C[C@@]21C. The van der Waals surface area contributed by atoms with E-state index in [0.29, 0.717) is 0 Å². The Morgan fingerprint density at radius 1 is 1.25 bits per heavy atom. The number of esters is 1. The summed E-state index contributed by atoms with van der Waals surface area (Å²) in [5.41, 5.74) is -7.07. The summed E-state index contributed by atoms with van der Waals surface area (Å²) in [6.45, 7) is 6.31. The van der Waals surface area contributed by atoms with Gasteiger partial charge in [0.1, 0.15) is 6.17 Å². The molecule has 3 saturated carbocycles. The van der Waals surface area contributed by atoms with Crippen molar-refractivity contribution in [3.63, 3.8) is 0 Å². The zero-order chi connectivity index (χ0) is 23.9. The topological polar surface area (TPSA) is 101 Å². The molecule has 0 radical (unpaired) electrons. The molecule has 4 aliphatic carbocycles. The van der Waals surface area contributed by atoms with Crippen LogP contribution >= 0.6 is 0 Å². The highest BCUT2D eigenvalue weighted by Gasteiger charge is 2.78. The predicted octanol–water partition coefficient (Wildman–Crippen LogP) is 3.33. The summed E-state index contributed by atoms with van der Waals surface area (Å²) in [5.74, 6) is -4.78. The number of carbonyl (C=O) groups excluding carboxylic acids is 2. The summed E-state index contributed by atoms with van der Waals surface area (Å²) >= 11 is 0.